The van der Waals surface area contributed by atoms with E-state index in [1.54, 1.807) is 23.9 Å². The van der Waals surface area contributed by atoms with Gasteiger partial charge in [-0.1, -0.05) is 24.3 Å². The summed E-state index contributed by atoms with van der Waals surface area (Å²) in [6, 6.07) is 18.7. The van der Waals surface area contributed by atoms with Gasteiger partial charge >= 0.3 is 6.03 Å². The highest BCUT2D eigenvalue weighted by molar-refractivity contribution is 7.98. The number of carbonyl (C=O) groups excluding carboxylic acids is 1. The highest BCUT2D eigenvalue weighted by Gasteiger charge is 2.36. The van der Waals surface area contributed by atoms with E-state index in [4.69, 9.17) is 0 Å². The monoisotopic (exact) mass is 517 g/mol. The Bertz CT molecular complexity index is 1390. The molecule has 2 aromatic carbocycles. The molecule has 36 heavy (non-hydrogen) atoms. The van der Waals surface area contributed by atoms with Crippen molar-refractivity contribution in [3.63, 3.8) is 0 Å². The summed E-state index contributed by atoms with van der Waals surface area (Å²) >= 11 is 3.61. The van der Waals surface area contributed by atoms with Crippen molar-refractivity contribution in [2.75, 3.05) is 6.26 Å². The molecular formula is C29H28FN3OS2. The minimum Gasteiger partial charge on any atom is -0.334 e. The molecule has 1 aliphatic carbocycles. The van der Waals surface area contributed by atoms with Crippen LogP contribution in [0, 0.1) is 5.82 Å². The van der Waals surface area contributed by atoms with E-state index < -0.39 is 0 Å². The third-order valence-corrected chi connectivity index (χ3v) is 9.31. The molecule has 4 aromatic rings. The number of nitrogens with one attached hydrogen (secondary N) is 1. The molecule has 6 rings (SSSR count). The third-order valence-electron chi connectivity index (χ3n) is 7.23. The average Bonchev–Trinajstić information content (AvgIpc) is 3.50. The molecule has 0 saturated carbocycles. The summed E-state index contributed by atoms with van der Waals surface area (Å²) in [5.74, 6) is -0.276. The Morgan fingerprint density at radius 3 is 2.61 bits per heavy atom. The molecule has 0 fully saturated rings. The van der Waals surface area contributed by atoms with Gasteiger partial charge in [-0.05, 0) is 85.0 Å². The van der Waals surface area contributed by atoms with E-state index in [0.29, 0.717) is 13.1 Å². The number of thiophene rings is 1. The van der Waals surface area contributed by atoms with Crippen LogP contribution in [-0.2, 0) is 25.9 Å². The van der Waals surface area contributed by atoms with Gasteiger partial charge in [0.05, 0.1) is 18.3 Å². The lowest BCUT2D eigenvalue weighted by molar-refractivity contribution is 0.180. The predicted octanol–water partition coefficient (Wildman–Crippen LogP) is 7.09. The standard InChI is InChI=1S/C29H28FN3OS2/c1-35-22-14-10-20(11-15-22)27-25-6-4-16-32(25)28-24(23-5-2-3-7-26(23)36-28)18-33(27)29(34)31-17-19-8-12-21(30)13-9-19/h4,6,8-16,27H,2-3,5,7,17-18H2,1H3,(H,31,34). The second kappa shape index (κ2) is 9.79. The van der Waals surface area contributed by atoms with Crippen LogP contribution in [0.25, 0.3) is 5.00 Å². The number of amides is 2. The summed E-state index contributed by atoms with van der Waals surface area (Å²) in [6.07, 6.45) is 8.85. The first-order chi connectivity index (χ1) is 17.6. The number of aromatic nitrogens is 1. The zero-order valence-electron chi connectivity index (χ0n) is 20.2. The fourth-order valence-electron chi connectivity index (χ4n) is 5.41. The molecule has 4 nitrogen and oxygen atoms in total. The van der Waals surface area contributed by atoms with Gasteiger partial charge in [0.15, 0.2) is 0 Å². The zero-order valence-corrected chi connectivity index (χ0v) is 21.8. The number of urea groups is 1. The van der Waals surface area contributed by atoms with Crippen molar-refractivity contribution in [1.29, 1.82) is 0 Å². The van der Waals surface area contributed by atoms with Crippen molar-refractivity contribution in [1.82, 2.24) is 14.8 Å². The van der Waals surface area contributed by atoms with Gasteiger partial charge in [0.1, 0.15) is 10.8 Å². The number of hydrogen-bond donors (Lipinski definition) is 1. The van der Waals surface area contributed by atoms with Crippen LogP contribution in [0.3, 0.4) is 0 Å². The van der Waals surface area contributed by atoms with E-state index in [9.17, 15) is 9.18 Å². The maximum atomic E-state index is 13.9. The molecule has 3 heterocycles. The second-order valence-corrected chi connectivity index (χ2v) is 11.3. The quantitative estimate of drug-likeness (QED) is 0.293. The lowest BCUT2D eigenvalue weighted by atomic mass is 9.95. The normalized spacial score (nSPS) is 16.6. The number of rotatable bonds is 4. The van der Waals surface area contributed by atoms with Crippen LogP contribution in [0.1, 0.15) is 51.7 Å². The lowest BCUT2D eigenvalue weighted by Crippen LogP contribution is -2.41. The number of thioether (sulfide) groups is 1. The van der Waals surface area contributed by atoms with E-state index in [1.165, 1.54) is 50.9 Å². The SMILES string of the molecule is CSc1ccc(C2c3cccn3-c3sc4c(c3CN2C(=O)NCc2ccc(F)cc2)CCCC4)cc1. The molecule has 7 heteroatoms. The fourth-order valence-corrected chi connectivity index (χ4v) is 7.22. The van der Waals surface area contributed by atoms with Gasteiger partial charge in [0.25, 0.3) is 0 Å². The van der Waals surface area contributed by atoms with Crippen molar-refractivity contribution < 1.29 is 9.18 Å². The molecule has 0 spiro atoms. The highest BCUT2D eigenvalue weighted by Crippen LogP contribution is 2.44. The topological polar surface area (TPSA) is 37.3 Å². The maximum absolute atomic E-state index is 13.9. The van der Waals surface area contributed by atoms with E-state index >= 15 is 0 Å². The molecule has 2 amide bonds. The number of fused-ring (bicyclic) bond motifs is 5. The number of carbonyl (C=O) groups is 1. The van der Waals surface area contributed by atoms with Gasteiger partial charge in [-0.25, -0.2) is 9.18 Å². The number of nitrogens with zero attached hydrogens (tertiary/aromatic N) is 2. The highest BCUT2D eigenvalue weighted by atomic mass is 32.2. The van der Waals surface area contributed by atoms with E-state index in [1.807, 2.05) is 16.2 Å². The molecule has 1 atom stereocenters. The van der Waals surface area contributed by atoms with Crippen molar-refractivity contribution in [3.8, 4) is 5.00 Å². The molecule has 0 saturated heterocycles. The van der Waals surface area contributed by atoms with Gasteiger partial charge in [0, 0.05) is 28.1 Å². The Morgan fingerprint density at radius 2 is 1.83 bits per heavy atom. The first-order valence-corrected chi connectivity index (χ1v) is 14.4. The minimum atomic E-state index is -0.276. The van der Waals surface area contributed by atoms with Crippen LogP contribution in [0.5, 0.6) is 0 Å². The molecule has 2 aromatic heterocycles. The van der Waals surface area contributed by atoms with Gasteiger partial charge in [0.2, 0.25) is 0 Å². The third kappa shape index (κ3) is 4.24. The Kier molecular flexibility index (Phi) is 6.36. The molecule has 2 aliphatic rings. The van der Waals surface area contributed by atoms with Crippen molar-refractivity contribution in [2.24, 2.45) is 0 Å². The van der Waals surface area contributed by atoms with Gasteiger partial charge in [-0.15, -0.1) is 23.1 Å². The van der Waals surface area contributed by atoms with E-state index in [0.717, 1.165) is 29.7 Å². The maximum Gasteiger partial charge on any atom is 0.318 e. The first-order valence-electron chi connectivity index (χ1n) is 12.4. The van der Waals surface area contributed by atoms with Gasteiger partial charge in [-0.3, -0.25) is 0 Å². The van der Waals surface area contributed by atoms with Crippen LogP contribution in [0.2, 0.25) is 0 Å². The van der Waals surface area contributed by atoms with Gasteiger partial charge in [-0.2, -0.15) is 0 Å². The van der Waals surface area contributed by atoms with Crippen LogP contribution in [0.15, 0.2) is 71.8 Å². The summed E-state index contributed by atoms with van der Waals surface area (Å²) in [4.78, 5) is 18.5. The average molecular weight is 518 g/mol. The second-order valence-electron chi connectivity index (χ2n) is 9.39. The molecule has 1 unspecified atom stereocenters. The van der Waals surface area contributed by atoms with Crippen molar-refractivity contribution in [2.45, 2.75) is 49.7 Å². The smallest absolute Gasteiger partial charge is 0.318 e. The number of halogens is 1. The minimum absolute atomic E-state index is 0.116. The molecule has 1 N–H and O–H groups in total. The van der Waals surface area contributed by atoms with Gasteiger partial charge < -0.3 is 14.8 Å². The van der Waals surface area contributed by atoms with Crippen LogP contribution >= 0.6 is 23.1 Å². The summed E-state index contributed by atoms with van der Waals surface area (Å²) in [7, 11) is 0. The summed E-state index contributed by atoms with van der Waals surface area (Å²) in [5, 5.41) is 4.37. The number of hydrogen-bond acceptors (Lipinski definition) is 3. The predicted molar refractivity (Wildman–Crippen MR) is 145 cm³/mol. The summed E-state index contributed by atoms with van der Waals surface area (Å²) in [6.45, 7) is 0.913. The van der Waals surface area contributed by atoms with E-state index in [-0.39, 0.29) is 17.9 Å². The fraction of sp³-hybridized carbons (Fsp3) is 0.276. The molecule has 0 bridgehead atoms. The largest absolute Gasteiger partial charge is 0.334 e. The van der Waals surface area contributed by atoms with Crippen molar-refractivity contribution in [3.05, 3.63) is 106 Å². The molecule has 1 aliphatic heterocycles. The Hall–Kier alpha value is -3.03. The molecule has 0 radical (unpaired) electrons. The Labute approximate surface area is 219 Å². The van der Waals surface area contributed by atoms with Crippen molar-refractivity contribution >= 4 is 29.1 Å². The summed E-state index contributed by atoms with van der Waals surface area (Å²) in [5.41, 5.74) is 5.79. The zero-order chi connectivity index (χ0) is 24.6. The Morgan fingerprint density at radius 1 is 1.06 bits per heavy atom. The number of benzene rings is 2. The molecular weight excluding hydrogens is 489 g/mol. The number of aryl methyl sites for hydroxylation is 1. The molecule has 184 valence electrons. The van der Waals surface area contributed by atoms with E-state index in [2.05, 4.69) is 58.7 Å². The van der Waals surface area contributed by atoms with Crippen LogP contribution in [0.4, 0.5) is 9.18 Å². The first kappa shape index (κ1) is 23.4. The lowest BCUT2D eigenvalue weighted by Gasteiger charge is -2.31. The summed E-state index contributed by atoms with van der Waals surface area (Å²) < 4.78 is 15.7. The van der Waals surface area contributed by atoms with Crippen LogP contribution < -0.4 is 5.32 Å². The van der Waals surface area contributed by atoms with Crippen LogP contribution in [-0.4, -0.2) is 21.8 Å². The Balaban J connectivity index is 1.42.